The van der Waals surface area contributed by atoms with Crippen LogP contribution >= 0.6 is 0 Å². The number of rotatable bonds is 10. The van der Waals surface area contributed by atoms with E-state index >= 15 is 0 Å². The Balaban J connectivity index is 3.40. The summed E-state index contributed by atoms with van der Waals surface area (Å²) >= 11 is 0. The highest BCUT2D eigenvalue weighted by Gasteiger charge is 2.36. The van der Waals surface area contributed by atoms with Gasteiger partial charge in [0, 0.05) is 21.9 Å². The molecule has 0 aliphatic carbocycles. The van der Waals surface area contributed by atoms with E-state index in [2.05, 4.69) is 67.3 Å². The van der Waals surface area contributed by atoms with Crippen molar-refractivity contribution in [2.24, 2.45) is 0 Å². The summed E-state index contributed by atoms with van der Waals surface area (Å²) in [4.78, 5) is 9.03. The Kier molecular flexibility index (Phi) is 7.14. The Morgan fingerprint density at radius 1 is 0.708 bits per heavy atom. The minimum absolute atomic E-state index is 0.119. The third kappa shape index (κ3) is 4.86. The standard InChI is InChI=1S/C22H42N2/c1-10-13-16-22(8,9)19-23-17(20(4,5)14-11-2)18(24-19)21(6,7)15-12-3/h10-16H2,1-9H3,(H,23,24). The molecule has 0 atom stereocenters. The molecular formula is C22H42N2. The molecule has 1 heterocycles. The number of unbranched alkanes of at least 4 members (excludes halogenated alkanes) is 1. The van der Waals surface area contributed by atoms with Crippen LogP contribution < -0.4 is 0 Å². The number of nitrogens with zero attached hydrogens (tertiary/aromatic N) is 1. The first-order valence-electron chi connectivity index (χ1n) is 10.1. The second-order valence-corrected chi connectivity index (χ2v) is 9.56. The summed E-state index contributed by atoms with van der Waals surface area (Å²) in [5.41, 5.74) is 3.09. The summed E-state index contributed by atoms with van der Waals surface area (Å²) in [5.74, 6) is 1.19. The van der Waals surface area contributed by atoms with Crippen molar-refractivity contribution in [1.29, 1.82) is 0 Å². The average molecular weight is 335 g/mol. The highest BCUT2D eigenvalue weighted by Crippen LogP contribution is 2.40. The fourth-order valence-electron chi connectivity index (χ4n) is 3.90. The van der Waals surface area contributed by atoms with E-state index < -0.39 is 0 Å². The second-order valence-electron chi connectivity index (χ2n) is 9.56. The van der Waals surface area contributed by atoms with Crippen LogP contribution in [0.3, 0.4) is 0 Å². The molecular weight excluding hydrogens is 292 g/mol. The topological polar surface area (TPSA) is 28.7 Å². The second kappa shape index (κ2) is 8.06. The van der Waals surface area contributed by atoms with Crippen molar-refractivity contribution in [2.75, 3.05) is 0 Å². The lowest BCUT2D eigenvalue weighted by atomic mass is 9.76. The molecule has 0 saturated carbocycles. The molecule has 0 fully saturated rings. The maximum Gasteiger partial charge on any atom is 0.112 e. The fourth-order valence-corrected chi connectivity index (χ4v) is 3.90. The monoisotopic (exact) mass is 334 g/mol. The van der Waals surface area contributed by atoms with Gasteiger partial charge in [0.1, 0.15) is 5.82 Å². The number of nitrogens with one attached hydrogen (secondary N) is 1. The van der Waals surface area contributed by atoms with Crippen LogP contribution in [0.5, 0.6) is 0 Å². The normalized spacial score (nSPS) is 13.5. The molecule has 1 rings (SSSR count). The maximum absolute atomic E-state index is 5.22. The van der Waals surface area contributed by atoms with Gasteiger partial charge in [-0.3, -0.25) is 0 Å². The van der Waals surface area contributed by atoms with Crippen LogP contribution in [0.1, 0.15) is 124 Å². The molecule has 1 aromatic heterocycles. The van der Waals surface area contributed by atoms with Crippen molar-refractivity contribution in [1.82, 2.24) is 9.97 Å². The van der Waals surface area contributed by atoms with Crippen LogP contribution in [0, 0.1) is 0 Å². The summed E-state index contributed by atoms with van der Waals surface area (Å²) < 4.78 is 0. The largest absolute Gasteiger partial charge is 0.345 e. The maximum atomic E-state index is 5.22. The average Bonchev–Trinajstić information content (AvgIpc) is 2.93. The van der Waals surface area contributed by atoms with Crippen molar-refractivity contribution >= 4 is 0 Å². The molecule has 1 aromatic rings. The van der Waals surface area contributed by atoms with Crippen molar-refractivity contribution < 1.29 is 0 Å². The summed E-state index contributed by atoms with van der Waals surface area (Å²) in [6.45, 7) is 21.0. The zero-order valence-corrected chi connectivity index (χ0v) is 17.9. The molecule has 2 nitrogen and oxygen atoms in total. The number of aromatic amines is 1. The van der Waals surface area contributed by atoms with Gasteiger partial charge in [0.25, 0.3) is 0 Å². The van der Waals surface area contributed by atoms with E-state index in [0.29, 0.717) is 0 Å². The van der Waals surface area contributed by atoms with Gasteiger partial charge in [0.2, 0.25) is 0 Å². The summed E-state index contributed by atoms with van der Waals surface area (Å²) in [6.07, 6.45) is 8.47. The van der Waals surface area contributed by atoms with Crippen molar-refractivity contribution in [3.8, 4) is 0 Å². The van der Waals surface area contributed by atoms with Crippen molar-refractivity contribution in [3.05, 3.63) is 17.2 Å². The van der Waals surface area contributed by atoms with Gasteiger partial charge in [0.05, 0.1) is 5.69 Å². The Morgan fingerprint density at radius 2 is 1.25 bits per heavy atom. The number of imidazole rings is 1. The Hall–Kier alpha value is -0.790. The molecule has 0 aliphatic heterocycles. The van der Waals surface area contributed by atoms with E-state index in [1.165, 1.54) is 62.2 Å². The van der Waals surface area contributed by atoms with E-state index in [-0.39, 0.29) is 16.2 Å². The lowest BCUT2D eigenvalue weighted by Crippen LogP contribution is -2.26. The van der Waals surface area contributed by atoms with Crippen LogP contribution in [0.4, 0.5) is 0 Å². The van der Waals surface area contributed by atoms with Crippen LogP contribution in [-0.2, 0) is 16.2 Å². The smallest absolute Gasteiger partial charge is 0.112 e. The van der Waals surface area contributed by atoms with Gasteiger partial charge in [-0.25, -0.2) is 4.98 Å². The Morgan fingerprint density at radius 3 is 1.75 bits per heavy atom. The molecule has 0 bridgehead atoms. The number of aromatic nitrogens is 2. The minimum Gasteiger partial charge on any atom is -0.345 e. The van der Waals surface area contributed by atoms with Gasteiger partial charge in [-0.2, -0.15) is 0 Å². The molecule has 2 heteroatoms. The van der Waals surface area contributed by atoms with E-state index in [4.69, 9.17) is 4.98 Å². The molecule has 0 amide bonds. The molecule has 0 aromatic carbocycles. The molecule has 0 radical (unpaired) electrons. The third-order valence-corrected chi connectivity index (χ3v) is 5.57. The van der Waals surface area contributed by atoms with Crippen LogP contribution in [0.15, 0.2) is 0 Å². The first-order valence-corrected chi connectivity index (χ1v) is 10.1. The van der Waals surface area contributed by atoms with Gasteiger partial charge >= 0.3 is 0 Å². The van der Waals surface area contributed by atoms with E-state index in [1.54, 1.807) is 0 Å². The third-order valence-electron chi connectivity index (χ3n) is 5.57. The number of hydrogen-bond donors (Lipinski definition) is 1. The highest BCUT2D eigenvalue weighted by molar-refractivity contribution is 5.31. The lowest BCUT2D eigenvalue weighted by Gasteiger charge is -2.30. The zero-order valence-electron chi connectivity index (χ0n) is 17.9. The van der Waals surface area contributed by atoms with Gasteiger partial charge in [0.15, 0.2) is 0 Å². The zero-order chi connectivity index (χ0) is 18.6. The van der Waals surface area contributed by atoms with Gasteiger partial charge in [-0.1, -0.05) is 88.0 Å². The minimum atomic E-state index is 0.119. The summed E-state index contributed by atoms with van der Waals surface area (Å²) in [6, 6.07) is 0. The first-order chi connectivity index (χ1) is 11.0. The van der Waals surface area contributed by atoms with Gasteiger partial charge < -0.3 is 4.98 Å². The molecule has 0 aliphatic rings. The van der Waals surface area contributed by atoms with E-state index in [1.807, 2.05) is 0 Å². The van der Waals surface area contributed by atoms with E-state index in [9.17, 15) is 0 Å². The molecule has 140 valence electrons. The SMILES string of the molecule is CCCCC(C)(C)c1nc(C(C)(C)CCC)c(C(C)(C)CCC)[nH]1. The van der Waals surface area contributed by atoms with Gasteiger partial charge in [-0.05, 0) is 19.3 Å². The first kappa shape index (κ1) is 21.3. The predicted molar refractivity (Wildman–Crippen MR) is 107 cm³/mol. The fraction of sp³-hybridized carbons (Fsp3) is 0.864. The van der Waals surface area contributed by atoms with Crippen molar-refractivity contribution in [2.45, 2.75) is 124 Å². The Labute approximate surface area is 151 Å². The van der Waals surface area contributed by atoms with Crippen LogP contribution in [0.2, 0.25) is 0 Å². The summed E-state index contributed by atoms with van der Waals surface area (Å²) in [7, 11) is 0. The molecule has 0 spiro atoms. The molecule has 0 unspecified atom stereocenters. The molecule has 1 N–H and O–H groups in total. The number of hydrogen-bond acceptors (Lipinski definition) is 1. The van der Waals surface area contributed by atoms with Crippen LogP contribution in [-0.4, -0.2) is 9.97 Å². The quantitative estimate of drug-likeness (QED) is 0.488. The van der Waals surface area contributed by atoms with Crippen molar-refractivity contribution in [3.63, 3.8) is 0 Å². The predicted octanol–water partition coefficient (Wildman–Crippen LogP) is 7.03. The molecule has 24 heavy (non-hydrogen) atoms. The Bertz CT molecular complexity index is 471. The number of H-pyrrole nitrogens is 1. The summed E-state index contributed by atoms with van der Waals surface area (Å²) in [5, 5.41) is 0. The van der Waals surface area contributed by atoms with Gasteiger partial charge in [-0.15, -0.1) is 0 Å². The molecule has 0 saturated heterocycles. The van der Waals surface area contributed by atoms with Crippen LogP contribution in [0.25, 0.3) is 0 Å². The van der Waals surface area contributed by atoms with E-state index in [0.717, 1.165) is 0 Å². The lowest BCUT2D eigenvalue weighted by molar-refractivity contribution is 0.415. The highest BCUT2D eigenvalue weighted by atomic mass is 15.0.